The van der Waals surface area contributed by atoms with Gasteiger partial charge in [-0.3, -0.25) is 9.59 Å². The van der Waals surface area contributed by atoms with Crippen molar-refractivity contribution < 1.29 is 32.7 Å². The van der Waals surface area contributed by atoms with Gasteiger partial charge in [0.2, 0.25) is 11.8 Å². The number of carboxylic acids is 1. The van der Waals surface area contributed by atoms with Crippen LogP contribution in [0.25, 0.3) is 5.69 Å². The van der Waals surface area contributed by atoms with E-state index in [1.165, 1.54) is 0 Å². The molecule has 1 aliphatic heterocycles. The number of hydrogen-bond donors (Lipinski definition) is 3. The molecule has 8 nitrogen and oxygen atoms in total. The Morgan fingerprint density at radius 3 is 2.48 bits per heavy atom. The summed E-state index contributed by atoms with van der Waals surface area (Å²) in [5, 5.41) is 17.9. The summed E-state index contributed by atoms with van der Waals surface area (Å²) in [6.07, 6.45) is -2.63. The molecular formula is C19H20ClF3N4O4. The Morgan fingerprint density at radius 2 is 1.94 bits per heavy atom. The summed E-state index contributed by atoms with van der Waals surface area (Å²) in [6.45, 7) is 1.86. The Bertz CT molecular complexity index is 945. The number of benzene rings is 1. The second-order valence-electron chi connectivity index (χ2n) is 6.77. The molecule has 3 N–H and O–H groups in total. The van der Waals surface area contributed by atoms with Crippen LogP contribution in [0.3, 0.4) is 0 Å². The fraction of sp³-hybridized carbons (Fsp3) is 0.368. The molecule has 2 heterocycles. The number of carbonyl (C=O) groups is 3. The highest BCUT2D eigenvalue weighted by Crippen LogP contribution is 2.20. The highest BCUT2D eigenvalue weighted by Gasteiger charge is 2.38. The highest BCUT2D eigenvalue weighted by molar-refractivity contribution is 6.30. The number of aromatic nitrogens is 2. The van der Waals surface area contributed by atoms with Crippen LogP contribution in [0.15, 0.2) is 30.3 Å². The maximum absolute atomic E-state index is 12.3. The first-order chi connectivity index (χ1) is 14.5. The van der Waals surface area contributed by atoms with Gasteiger partial charge in [0, 0.05) is 30.0 Å². The van der Waals surface area contributed by atoms with Crippen LogP contribution in [0.2, 0.25) is 5.02 Å². The topological polar surface area (TPSA) is 113 Å². The van der Waals surface area contributed by atoms with Crippen molar-refractivity contribution in [3.63, 3.8) is 0 Å². The molecular weight excluding hydrogens is 441 g/mol. The van der Waals surface area contributed by atoms with Gasteiger partial charge in [0.15, 0.2) is 0 Å². The van der Waals surface area contributed by atoms with Gasteiger partial charge in [-0.1, -0.05) is 11.6 Å². The van der Waals surface area contributed by atoms with E-state index in [2.05, 4.69) is 15.7 Å². The largest absolute Gasteiger partial charge is 0.490 e. The predicted molar refractivity (Wildman–Crippen MR) is 106 cm³/mol. The number of hydrogen-bond acceptors (Lipinski definition) is 4. The molecule has 0 aliphatic carbocycles. The zero-order chi connectivity index (χ0) is 23.2. The van der Waals surface area contributed by atoms with Crippen LogP contribution < -0.4 is 10.6 Å². The molecule has 1 saturated heterocycles. The molecule has 1 aromatic heterocycles. The second kappa shape index (κ2) is 10.3. The van der Waals surface area contributed by atoms with E-state index >= 15 is 0 Å². The summed E-state index contributed by atoms with van der Waals surface area (Å²) in [4.78, 5) is 32.6. The molecule has 0 spiro atoms. The zero-order valence-electron chi connectivity index (χ0n) is 16.4. The Kier molecular flexibility index (Phi) is 8.03. The molecule has 1 unspecified atom stereocenters. The van der Waals surface area contributed by atoms with Crippen LogP contribution >= 0.6 is 11.6 Å². The molecule has 0 bridgehead atoms. The number of alkyl halides is 3. The lowest BCUT2D eigenvalue weighted by molar-refractivity contribution is -0.192. The summed E-state index contributed by atoms with van der Waals surface area (Å²) < 4.78 is 33.4. The summed E-state index contributed by atoms with van der Waals surface area (Å²) in [7, 11) is 0. The third-order valence-corrected chi connectivity index (χ3v) is 4.42. The highest BCUT2D eigenvalue weighted by atomic mass is 35.5. The average molecular weight is 461 g/mol. The summed E-state index contributed by atoms with van der Waals surface area (Å²) in [5.41, 5.74) is 1.61. The van der Waals surface area contributed by atoms with Crippen molar-refractivity contribution in [1.82, 2.24) is 15.1 Å². The number of carboxylic acid groups (broad SMARTS) is 1. The normalized spacial score (nSPS) is 16.0. The van der Waals surface area contributed by atoms with E-state index in [0.717, 1.165) is 24.2 Å². The first-order valence-electron chi connectivity index (χ1n) is 9.17. The summed E-state index contributed by atoms with van der Waals surface area (Å²) in [5.74, 6) is -2.28. The SMILES string of the molecule is Cc1cc(NC(=O)CC2CCCC(=O)N2)n(-c2ccc(Cl)cc2)n1.O=C(O)C(F)(F)F. The van der Waals surface area contributed by atoms with E-state index in [1.807, 2.05) is 25.1 Å². The van der Waals surface area contributed by atoms with Crippen molar-refractivity contribution >= 4 is 35.2 Å². The van der Waals surface area contributed by atoms with E-state index in [1.54, 1.807) is 16.8 Å². The molecule has 31 heavy (non-hydrogen) atoms. The maximum atomic E-state index is 12.3. The third kappa shape index (κ3) is 7.59. The predicted octanol–water partition coefficient (Wildman–Crippen LogP) is 3.46. The van der Waals surface area contributed by atoms with E-state index in [9.17, 15) is 22.8 Å². The molecule has 1 atom stereocenters. The van der Waals surface area contributed by atoms with Gasteiger partial charge in [0.1, 0.15) is 5.82 Å². The molecule has 1 aromatic carbocycles. The minimum Gasteiger partial charge on any atom is -0.475 e. The number of nitrogens with one attached hydrogen (secondary N) is 2. The van der Waals surface area contributed by atoms with Gasteiger partial charge in [-0.2, -0.15) is 18.3 Å². The van der Waals surface area contributed by atoms with Gasteiger partial charge in [-0.15, -0.1) is 0 Å². The monoisotopic (exact) mass is 460 g/mol. The number of nitrogens with zero attached hydrogens (tertiary/aromatic N) is 2. The van der Waals surface area contributed by atoms with Crippen LogP contribution in [0.4, 0.5) is 19.0 Å². The first kappa shape index (κ1) is 24.2. The Morgan fingerprint density at radius 1 is 1.32 bits per heavy atom. The summed E-state index contributed by atoms with van der Waals surface area (Å²) >= 11 is 5.91. The lowest BCUT2D eigenvalue weighted by Gasteiger charge is -2.22. The molecule has 1 aliphatic rings. The number of amides is 2. The molecule has 168 valence electrons. The van der Waals surface area contributed by atoms with Crippen molar-refractivity contribution in [1.29, 1.82) is 0 Å². The average Bonchev–Trinajstić information content (AvgIpc) is 3.02. The minimum atomic E-state index is -5.08. The quantitative estimate of drug-likeness (QED) is 0.646. The minimum absolute atomic E-state index is 0.0149. The lowest BCUT2D eigenvalue weighted by Crippen LogP contribution is -2.40. The number of piperidine rings is 1. The zero-order valence-corrected chi connectivity index (χ0v) is 17.1. The Labute approximate surface area is 180 Å². The van der Waals surface area contributed by atoms with E-state index in [0.29, 0.717) is 17.3 Å². The second-order valence-corrected chi connectivity index (χ2v) is 7.21. The van der Waals surface area contributed by atoms with Crippen LogP contribution in [0.1, 0.15) is 31.4 Å². The Balaban J connectivity index is 0.000000423. The molecule has 0 radical (unpaired) electrons. The fourth-order valence-corrected chi connectivity index (χ4v) is 2.95. The van der Waals surface area contributed by atoms with Crippen LogP contribution in [-0.2, 0) is 14.4 Å². The van der Waals surface area contributed by atoms with Crippen molar-refractivity contribution in [2.45, 2.75) is 44.8 Å². The molecule has 1 fully saturated rings. The molecule has 0 saturated carbocycles. The molecule has 12 heteroatoms. The number of halogens is 4. The number of anilines is 1. The van der Waals surface area contributed by atoms with Gasteiger partial charge in [0.05, 0.1) is 11.4 Å². The number of carbonyl (C=O) groups excluding carboxylic acids is 2. The molecule has 2 aromatic rings. The Hall–Kier alpha value is -3.08. The van der Waals surface area contributed by atoms with Crippen molar-refractivity contribution in [2.75, 3.05) is 5.32 Å². The van der Waals surface area contributed by atoms with Gasteiger partial charge >= 0.3 is 12.1 Å². The smallest absolute Gasteiger partial charge is 0.475 e. The van der Waals surface area contributed by atoms with E-state index < -0.39 is 12.1 Å². The van der Waals surface area contributed by atoms with Crippen LogP contribution in [0, 0.1) is 6.92 Å². The van der Waals surface area contributed by atoms with Crippen molar-refractivity contribution in [3.8, 4) is 5.69 Å². The van der Waals surface area contributed by atoms with Gasteiger partial charge in [-0.05, 0) is 44.0 Å². The van der Waals surface area contributed by atoms with Crippen LogP contribution in [0.5, 0.6) is 0 Å². The maximum Gasteiger partial charge on any atom is 0.490 e. The van der Waals surface area contributed by atoms with Crippen molar-refractivity contribution in [2.24, 2.45) is 0 Å². The summed E-state index contributed by atoms with van der Waals surface area (Å²) in [6, 6.07) is 8.94. The van der Waals surface area contributed by atoms with Gasteiger partial charge in [-0.25, -0.2) is 9.48 Å². The van der Waals surface area contributed by atoms with E-state index in [4.69, 9.17) is 21.5 Å². The van der Waals surface area contributed by atoms with Crippen molar-refractivity contribution in [3.05, 3.63) is 41.0 Å². The molecule has 3 rings (SSSR count). The number of rotatable bonds is 4. The first-order valence-corrected chi connectivity index (χ1v) is 9.55. The van der Waals surface area contributed by atoms with Gasteiger partial charge < -0.3 is 15.7 Å². The fourth-order valence-electron chi connectivity index (χ4n) is 2.82. The van der Waals surface area contributed by atoms with E-state index in [-0.39, 0.29) is 24.3 Å². The number of aryl methyl sites for hydroxylation is 1. The molecule has 2 amide bonds. The van der Waals surface area contributed by atoms with Crippen LogP contribution in [-0.4, -0.2) is 44.9 Å². The third-order valence-electron chi connectivity index (χ3n) is 4.17. The number of aliphatic carboxylic acids is 1. The van der Waals surface area contributed by atoms with Gasteiger partial charge in [0.25, 0.3) is 0 Å². The lowest BCUT2D eigenvalue weighted by atomic mass is 10.0. The standard InChI is InChI=1S/C17H19ClN4O2.C2HF3O2/c1-11-9-15(22(21-11)14-7-5-12(18)6-8-14)20-17(24)10-13-3-2-4-16(23)19-13;3-2(4,5)1(6)7/h5-9,13H,2-4,10H2,1H3,(H,19,23)(H,20,24);(H,6,7).